The Bertz CT molecular complexity index is 607. The molecule has 5 heteroatoms. The summed E-state index contributed by atoms with van der Waals surface area (Å²) in [6.45, 7) is 4.69. The van der Waals surface area contributed by atoms with Gasteiger partial charge in [-0.15, -0.1) is 11.3 Å². The van der Waals surface area contributed by atoms with Gasteiger partial charge in [-0.25, -0.2) is 4.98 Å². The second kappa shape index (κ2) is 7.22. The lowest BCUT2D eigenvalue weighted by molar-refractivity contribution is -0.139. The standard InChI is InChI=1S/C16H19NO3S/c1-11(2)14-10-21-15(17-14)9-20-13-6-4-5-12(7-13)8-16(18)19-3/h4-7,10-11H,8-9H2,1-3H3. The number of rotatable bonds is 6. The van der Waals surface area contributed by atoms with Crippen molar-refractivity contribution in [2.45, 2.75) is 32.8 Å². The van der Waals surface area contributed by atoms with E-state index in [1.54, 1.807) is 11.3 Å². The van der Waals surface area contributed by atoms with Gasteiger partial charge in [0, 0.05) is 5.38 Å². The molecule has 1 aromatic carbocycles. The molecular formula is C16H19NO3S. The fourth-order valence-electron chi connectivity index (χ4n) is 1.79. The number of benzene rings is 1. The van der Waals surface area contributed by atoms with E-state index in [9.17, 15) is 4.79 Å². The van der Waals surface area contributed by atoms with Gasteiger partial charge in [-0.1, -0.05) is 26.0 Å². The summed E-state index contributed by atoms with van der Waals surface area (Å²) < 4.78 is 10.4. The highest BCUT2D eigenvalue weighted by Gasteiger charge is 2.07. The van der Waals surface area contributed by atoms with E-state index in [0.717, 1.165) is 22.0 Å². The van der Waals surface area contributed by atoms with Crippen LogP contribution in [0.25, 0.3) is 0 Å². The summed E-state index contributed by atoms with van der Waals surface area (Å²) >= 11 is 1.61. The van der Waals surface area contributed by atoms with Gasteiger partial charge in [-0.2, -0.15) is 0 Å². The molecule has 2 rings (SSSR count). The molecule has 21 heavy (non-hydrogen) atoms. The van der Waals surface area contributed by atoms with E-state index in [4.69, 9.17) is 4.74 Å². The summed E-state index contributed by atoms with van der Waals surface area (Å²) in [5.41, 5.74) is 1.97. The van der Waals surface area contributed by atoms with Crippen LogP contribution in [-0.2, 0) is 22.6 Å². The molecule has 112 valence electrons. The number of ether oxygens (including phenoxy) is 2. The molecule has 1 heterocycles. The summed E-state index contributed by atoms with van der Waals surface area (Å²) in [5.74, 6) is 0.907. The Hall–Kier alpha value is -1.88. The maximum atomic E-state index is 11.3. The van der Waals surface area contributed by atoms with E-state index >= 15 is 0 Å². The van der Waals surface area contributed by atoms with Crippen molar-refractivity contribution in [1.82, 2.24) is 4.98 Å². The molecule has 0 aliphatic carbocycles. The fourth-order valence-corrected chi connectivity index (χ4v) is 2.65. The molecule has 4 nitrogen and oxygen atoms in total. The Morgan fingerprint density at radius 1 is 1.38 bits per heavy atom. The highest BCUT2D eigenvalue weighted by atomic mass is 32.1. The maximum absolute atomic E-state index is 11.3. The molecule has 0 aliphatic heterocycles. The van der Waals surface area contributed by atoms with Gasteiger partial charge in [0.25, 0.3) is 0 Å². The van der Waals surface area contributed by atoms with Gasteiger partial charge in [-0.3, -0.25) is 4.79 Å². The van der Waals surface area contributed by atoms with E-state index in [-0.39, 0.29) is 12.4 Å². The Labute approximate surface area is 128 Å². The molecule has 1 aromatic heterocycles. The molecule has 2 aromatic rings. The summed E-state index contributed by atoms with van der Waals surface area (Å²) in [6.07, 6.45) is 0.252. The largest absolute Gasteiger partial charge is 0.486 e. The first-order chi connectivity index (χ1) is 10.1. The lowest BCUT2D eigenvalue weighted by Crippen LogP contribution is -2.04. The number of methoxy groups -OCH3 is 1. The highest BCUT2D eigenvalue weighted by molar-refractivity contribution is 7.09. The van der Waals surface area contributed by atoms with Crippen molar-refractivity contribution in [2.24, 2.45) is 0 Å². The molecule has 0 fully saturated rings. The Morgan fingerprint density at radius 3 is 2.86 bits per heavy atom. The minimum absolute atomic E-state index is 0.252. The van der Waals surface area contributed by atoms with Crippen LogP contribution in [0.4, 0.5) is 0 Å². The number of carbonyl (C=O) groups excluding carboxylic acids is 1. The third-order valence-corrected chi connectivity index (χ3v) is 3.84. The molecule has 0 spiro atoms. The van der Waals surface area contributed by atoms with Crippen LogP contribution in [0.1, 0.15) is 36.0 Å². The molecule has 0 aliphatic rings. The van der Waals surface area contributed by atoms with E-state index in [2.05, 4.69) is 28.9 Å². The van der Waals surface area contributed by atoms with Gasteiger partial charge in [0.05, 0.1) is 19.2 Å². The minimum Gasteiger partial charge on any atom is -0.486 e. The zero-order chi connectivity index (χ0) is 15.2. The number of carbonyl (C=O) groups is 1. The molecule has 0 N–H and O–H groups in total. The van der Waals surface area contributed by atoms with Crippen LogP contribution in [0.3, 0.4) is 0 Å². The van der Waals surface area contributed by atoms with E-state index in [1.165, 1.54) is 7.11 Å². The third-order valence-electron chi connectivity index (χ3n) is 3.00. The normalized spacial score (nSPS) is 10.7. The second-order valence-electron chi connectivity index (χ2n) is 5.01. The van der Waals surface area contributed by atoms with Crippen molar-refractivity contribution in [3.05, 3.63) is 45.9 Å². The first-order valence-corrected chi connectivity index (χ1v) is 7.69. The van der Waals surface area contributed by atoms with Crippen molar-refractivity contribution in [3.63, 3.8) is 0 Å². The first kappa shape index (κ1) is 15.5. The molecule has 0 amide bonds. The van der Waals surface area contributed by atoms with Gasteiger partial charge in [0.15, 0.2) is 0 Å². The molecular weight excluding hydrogens is 286 g/mol. The maximum Gasteiger partial charge on any atom is 0.309 e. The molecule has 0 bridgehead atoms. The van der Waals surface area contributed by atoms with E-state index < -0.39 is 0 Å². The molecule has 0 unspecified atom stereocenters. The summed E-state index contributed by atoms with van der Waals surface area (Å²) in [4.78, 5) is 15.8. The monoisotopic (exact) mass is 305 g/mol. The van der Waals surface area contributed by atoms with Crippen molar-refractivity contribution >= 4 is 17.3 Å². The predicted octanol–water partition coefficient (Wildman–Crippen LogP) is 3.56. The van der Waals surface area contributed by atoms with Crippen LogP contribution in [-0.4, -0.2) is 18.1 Å². The van der Waals surface area contributed by atoms with Gasteiger partial charge >= 0.3 is 5.97 Å². The van der Waals surface area contributed by atoms with Crippen LogP contribution in [0, 0.1) is 0 Å². The van der Waals surface area contributed by atoms with Crippen molar-refractivity contribution in [3.8, 4) is 5.75 Å². The Morgan fingerprint density at radius 2 is 2.19 bits per heavy atom. The predicted molar refractivity (Wildman–Crippen MR) is 82.7 cm³/mol. The first-order valence-electron chi connectivity index (χ1n) is 6.81. The van der Waals surface area contributed by atoms with Crippen LogP contribution in [0.15, 0.2) is 29.6 Å². The third kappa shape index (κ3) is 4.56. The van der Waals surface area contributed by atoms with Crippen molar-refractivity contribution < 1.29 is 14.3 Å². The smallest absolute Gasteiger partial charge is 0.309 e. The van der Waals surface area contributed by atoms with Gasteiger partial charge < -0.3 is 9.47 Å². The number of thiazole rings is 1. The van der Waals surface area contributed by atoms with Crippen molar-refractivity contribution in [1.29, 1.82) is 0 Å². The van der Waals surface area contributed by atoms with Crippen LogP contribution >= 0.6 is 11.3 Å². The number of aromatic nitrogens is 1. The van der Waals surface area contributed by atoms with Gasteiger partial charge in [0.1, 0.15) is 17.4 Å². The Kier molecular flexibility index (Phi) is 5.33. The summed E-state index contributed by atoms with van der Waals surface area (Å²) in [6, 6.07) is 7.48. The average Bonchev–Trinajstić information content (AvgIpc) is 2.94. The zero-order valence-electron chi connectivity index (χ0n) is 12.5. The molecule has 0 atom stereocenters. The van der Waals surface area contributed by atoms with Gasteiger partial charge in [0.2, 0.25) is 0 Å². The summed E-state index contributed by atoms with van der Waals surface area (Å²) in [5, 5.41) is 3.02. The minimum atomic E-state index is -0.256. The highest BCUT2D eigenvalue weighted by Crippen LogP contribution is 2.20. The van der Waals surface area contributed by atoms with Crippen LogP contribution < -0.4 is 4.74 Å². The number of hydrogen-bond acceptors (Lipinski definition) is 5. The lowest BCUT2D eigenvalue weighted by Gasteiger charge is -2.06. The second-order valence-corrected chi connectivity index (χ2v) is 5.95. The van der Waals surface area contributed by atoms with Crippen LogP contribution in [0.5, 0.6) is 5.75 Å². The quantitative estimate of drug-likeness (QED) is 0.766. The lowest BCUT2D eigenvalue weighted by atomic mass is 10.1. The summed E-state index contributed by atoms with van der Waals surface area (Å²) in [7, 11) is 1.39. The van der Waals surface area contributed by atoms with E-state index in [1.807, 2.05) is 24.3 Å². The Balaban J connectivity index is 1.96. The van der Waals surface area contributed by atoms with Gasteiger partial charge in [-0.05, 0) is 23.6 Å². The number of hydrogen-bond donors (Lipinski definition) is 0. The fraction of sp³-hybridized carbons (Fsp3) is 0.375. The van der Waals surface area contributed by atoms with Crippen molar-refractivity contribution in [2.75, 3.05) is 7.11 Å². The molecule has 0 saturated heterocycles. The number of esters is 1. The molecule has 0 radical (unpaired) electrons. The molecule has 0 saturated carbocycles. The average molecular weight is 305 g/mol. The van der Waals surface area contributed by atoms with E-state index in [0.29, 0.717) is 12.5 Å². The zero-order valence-corrected chi connectivity index (χ0v) is 13.3. The SMILES string of the molecule is COC(=O)Cc1cccc(OCc2nc(C(C)C)cs2)c1. The van der Waals surface area contributed by atoms with Crippen LogP contribution in [0.2, 0.25) is 0 Å². The number of nitrogens with zero attached hydrogens (tertiary/aromatic N) is 1. The topological polar surface area (TPSA) is 48.4 Å².